The summed E-state index contributed by atoms with van der Waals surface area (Å²) in [5, 5.41) is 16.9. The van der Waals surface area contributed by atoms with E-state index < -0.39 is 0 Å². The molecule has 0 aliphatic heterocycles. The summed E-state index contributed by atoms with van der Waals surface area (Å²) < 4.78 is 0. The first-order chi connectivity index (χ1) is 6.35. The molecule has 0 saturated heterocycles. The molecule has 0 heterocycles. The van der Waals surface area contributed by atoms with E-state index in [0.29, 0.717) is 12.8 Å². The molecule has 0 aliphatic carbocycles. The molecule has 0 aromatic heterocycles. The van der Waals surface area contributed by atoms with Crippen molar-refractivity contribution >= 4 is 7.92 Å². The smallest absolute Gasteiger partial charge is 0.0625 e. The van der Waals surface area contributed by atoms with Crippen LogP contribution >= 0.6 is 7.92 Å². The van der Waals surface area contributed by atoms with Crippen LogP contribution in [0.4, 0.5) is 0 Å². The Hall–Kier alpha value is -0.590. The number of hydrogen-bond acceptors (Lipinski definition) is 2. The third-order valence-electron chi connectivity index (χ3n) is 1.84. The molecule has 0 fully saturated rings. The minimum absolute atomic E-state index is 0.0481. The van der Waals surface area contributed by atoms with Gasteiger partial charge in [-0.15, -0.1) is 7.92 Å². The molecule has 13 heavy (non-hydrogen) atoms. The van der Waals surface area contributed by atoms with Gasteiger partial charge in [0.2, 0.25) is 0 Å². The van der Waals surface area contributed by atoms with Gasteiger partial charge in [-0.3, -0.25) is 0 Å². The van der Waals surface area contributed by atoms with E-state index in [4.69, 9.17) is 10.5 Å². The largest absolute Gasteiger partial charge is 0.198 e. The first-order valence-electron chi connectivity index (χ1n) is 4.81. The Morgan fingerprint density at radius 2 is 1.69 bits per heavy atom. The molecule has 0 rings (SSSR count). The van der Waals surface area contributed by atoms with Crippen LogP contribution < -0.4 is 0 Å². The first kappa shape index (κ1) is 12.4. The fourth-order valence-corrected chi connectivity index (χ4v) is 3.57. The Kier molecular flexibility index (Phi) is 9.07. The van der Waals surface area contributed by atoms with Gasteiger partial charge in [-0.2, -0.15) is 10.5 Å². The van der Waals surface area contributed by atoms with Crippen LogP contribution in [0.2, 0.25) is 0 Å². The van der Waals surface area contributed by atoms with Gasteiger partial charge in [-0.1, -0.05) is 13.3 Å². The molecule has 0 aromatic carbocycles. The molecular weight excluding hydrogens is 179 g/mol. The molecule has 0 bridgehead atoms. The molecule has 0 aromatic rings. The van der Waals surface area contributed by atoms with Crippen molar-refractivity contribution < 1.29 is 0 Å². The Labute approximate surface area is 82.3 Å². The molecule has 0 amide bonds. The molecule has 0 aliphatic rings. The molecule has 2 nitrogen and oxygen atoms in total. The van der Waals surface area contributed by atoms with Crippen molar-refractivity contribution in [2.24, 2.45) is 0 Å². The van der Waals surface area contributed by atoms with Crippen LogP contribution in [0, 0.1) is 22.7 Å². The van der Waals surface area contributed by atoms with Crippen LogP contribution in [0.1, 0.15) is 32.6 Å². The summed E-state index contributed by atoms with van der Waals surface area (Å²) in [6.45, 7) is 2.19. The van der Waals surface area contributed by atoms with Crippen molar-refractivity contribution in [2.45, 2.75) is 32.6 Å². The van der Waals surface area contributed by atoms with Crippen molar-refractivity contribution in [3.8, 4) is 12.1 Å². The standard InChI is InChI=1S/C10H17N2P/c1-2-8-13(10-5-7-12)9-4-3-6-11/h2-5,8-10H2,1H3. The highest BCUT2D eigenvalue weighted by Gasteiger charge is 2.05. The second kappa shape index (κ2) is 9.50. The molecular formula is C10H17N2P. The Morgan fingerprint density at radius 3 is 2.23 bits per heavy atom. The zero-order valence-corrected chi connectivity index (χ0v) is 9.19. The summed E-state index contributed by atoms with van der Waals surface area (Å²) in [6, 6.07) is 4.36. The van der Waals surface area contributed by atoms with Gasteiger partial charge < -0.3 is 0 Å². The van der Waals surface area contributed by atoms with Crippen molar-refractivity contribution in [3.05, 3.63) is 0 Å². The van der Waals surface area contributed by atoms with E-state index in [1.165, 1.54) is 18.7 Å². The zero-order chi connectivity index (χ0) is 9.94. The summed E-state index contributed by atoms with van der Waals surface area (Å²) in [5.74, 6) is 0. The van der Waals surface area contributed by atoms with Gasteiger partial charge in [0.05, 0.1) is 12.1 Å². The lowest BCUT2D eigenvalue weighted by Gasteiger charge is -2.13. The maximum atomic E-state index is 8.46. The van der Waals surface area contributed by atoms with Gasteiger partial charge in [0.15, 0.2) is 0 Å². The van der Waals surface area contributed by atoms with Gasteiger partial charge in [-0.25, -0.2) is 0 Å². The highest BCUT2D eigenvalue weighted by Crippen LogP contribution is 2.37. The lowest BCUT2D eigenvalue weighted by molar-refractivity contribution is 0.961. The quantitative estimate of drug-likeness (QED) is 0.464. The molecule has 72 valence electrons. The highest BCUT2D eigenvalue weighted by atomic mass is 31.1. The fraction of sp³-hybridized carbons (Fsp3) is 0.800. The van der Waals surface area contributed by atoms with E-state index in [0.717, 1.165) is 12.6 Å². The summed E-state index contributed by atoms with van der Waals surface area (Å²) >= 11 is 0. The van der Waals surface area contributed by atoms with E-state index in [2.05, 4.69) is 19.1 Å². The summed E-state index contributed by atoms with van der Waals surface area (Å²) in [7, 11) is 0.0481. The zero-order valence-electron chi connectivity index (χ0n) is 8.29. The number of rotatable bonds is 7. The topological polar surface area (TPSA) is 47.6 Å². The van der Waals surface area contributed by atoms with Crippen molar-refractivity contribution in [1.29, 1.82) is 10.5 Å². The van der Waals surface area contributed by atoms with Crippen LogP contribution in [0.3, 0.4) is 0 Å². The summed E-state index contributed by atoms with van der Waals surface area (Å²) in [6.07, 6.45) is 7.12. The van der Waals surface area contributed by atoms with Gasteiger partial charge in [0, 0.05) is 12.8 Å². The number of nitrogens with zero attached hydrogens (tertiary/aromatic N) is 2. The van der Waals surface area contributed by atoms with Crippen LogP contribution in [-0.2, 0) is 0 Å². The van der Waals surface area contributed by atoms with E-state index >= 15 is 0 Å². The Balaban J connectivity index is 3.55. The molecule has 0 N–H and O–H groups in total. The molecule has 3 heteroatoms. The molecule has 0 spiro atoms. The average Bonchev–Trinajstić information content (AvgIpc) is 2.14. The SMILES string of the molecule is CCCP(CCC#N)CCCC#N. The van der Waals surface area contributed by atoms with Gasteiger partial charge in [0.25, 0.3) is 0 Å². The highest BCUT2D eigenvalue weighted by molar-refractivity contribution is 7.57. The van der Waals surface area contributed by atoms with E-state index in [1.54, 1.807) is 0 Å². The van der Waals surface area contributed by atoms with Crippen LogP contribution in [0.25, 0.3) is 0 Å². The molecule has 0 saturated carbocycles. The van der Waals surface area contributed by atoms with E-state index in [1.807, 2.05) is 0 Å². The van der Waals surface area contributed by atoms with E-state index in [9.17, 15) is 0 Å². The van der Waals surface area contributed by atoms with Crippen LogP contribution in [0.15, 0.2) is 0 Å². The normalized spacial score (nSPS) is 11.6. The second-order valence-electron chi connectivity index (χ2n) is 3.01. The lowest BCUT2D eigenvalue weighted by Crippen LogP contribution is -1.94. The lowest BCUT2D eigenvalue weighted by atomic mass is 10.4. The maximum absolute atomic E-state index is 8.46. The predicted molar refractivity (Wildman–Crippen MR) is 56.9 cm³/mol. The summed E-state index contributed by atoms with van der Waals surface area (Å²) in [4.78, 5) is 0. The maximum Gasteiger partial charge on any atom is 0.0625 e. The molecule has 0 radical (unpaired) electrons. The van der Waals surface area contributed by atoms with Crippen molar-refractivity contribution in [2.75, 3.05) is 18.5 Å². The Morgan fingerprint density at radius 1 is 1.00 bits per heavy atom. The van der Waals surface area contributed by atoms with Gasteiger partial charge in [0.1, 0.15) is 0 Å². The van der Waals surface area contributed by atoms with Crippen molar-refractivity contribution in [3.63, 3.8) is 0 Å². The van der Waals surface area contributed by atoms with Gasteiger partial charge >= 0.3 is 0 Å². The minimum Gasteiger partial charge on any atom is -0.198 e. The van der Waals surface area contributed by atoms with Crippen LogP contribution in [-0.4, -0.2) is 18.5 Å². The average molecular weight is 196 g/mol. The number of hydrogen-bond donors (Lipinski definition) is 0. The summed E-state index contributed by atoms with van der Waals surface area (Å²) in [5.41, 5.74) is 0. The third kappa shape index (κ3) is 7.76. The van der Waals surface area contributed by atoms with Gasteiger partial charge in [-0.05, 0) is 24.9 Å². The fourth-order valence-electron chi connectivity index (χ4n) is 1.24. The Bertz CT molecular complexity index is 190. The number of nitriles is 2. The predicted octanol–water partition coefficient (Wildman–Crippen LogP) is 3.10. The van der Waals surface area contributed by atoms with E-state index in [-0.39, 0.29) is 7.92 Å². The molecule has 1 atom stereocenters. The number of unbranched alkanes of at least 4 members (excludes halogenated alkanes) is 1. The second-order valence-corrected chi connectivity index (χ2v) is 5.69. The van der Waals surface area contributed by atoms with Crippen molar-refractivity contribution in [1.82, 2.24) is 0 Å². The monoisotopic (exact) mass is 196 g/mol. The minimum atomic E-state index is 0.0481. The van der Waals surface area contributed by atoms with Crippen LogP contribution in [0.5, 0.6) is 0 Å². The molecule has 1 unspecified atom stereocenters. The third-order valence-corrected chi connectivity index (χ3v) is 4.73. The first-order valence-corrected chi connectivity index (χ1v) is 6.71.